The molecule has 0 fully saturated rings. The van der Waals surface area contributed by atoms with Crippen LogP contribution in [-0.4, -0.2) is 21.8 Å². The Morgan fingerprint density at radius 2 is 2.00 bits per heavy atom. The lowest BCUT2D eigenvalue weighted by Crippen LogP contribution is -2.17. The smallest absolute Gasteiger partial charge is 0.223 e. The molecule has 2 N–H and O–H groups in total. The first-order chi connectivity index (χ1) is 9.06. The summed E-state index contributed by atoms with van der Waals surface area (Å²) in [5.74, 6) is 1.51. The summed E-state index contributed by atoms with van der Waals surface area (Å²) < 4.78 is 6.24. The Morgan fingerprint density at radius 1 is 1.32 bits per heavy atom. The molecule has 7 heteroatoms. The van der Waals surface area contributed by atoms with Crippen molar-refractivity contribution >= 4 is 31.9 Å². The van der Waals surface area contributed by atoms with Crippen LogP contribution < -0.4 is 5.32 Å². The Labute approximate surface area is 127 Å². The van der Waals surface area contributed by atoms with Gasteiger partial charge in [-0.05, 0) is 49.6 Å². The maximum atomic E-state index is 9.61. The van der Waals surface area contributed by atoms with Gasteiger partial charge >= 0.3 is 0 Å². The highest BCUT2D eigenvalue weighted by atomic mass is 79.9. The van der Waals surface area contributed by atoms with Gasteiger partial charge < -0.3 is 14.9 Å². The zero-order valence-electron chi connectivity index (χ0n) is 10.3. The molecule has 0 atom stereocenters. The van der Waals surface area contributed by atoms with Crippen molar-refractivity contribution in [2.45, 2.75) is 19.9 Å². The molecular formula is C12H13Br2N3O2. The van der Waals surface area contributed by atoms with Gasteiger partial charge in [0.05, 0.1) is 8.95 Å². The number of hydrogen-bond donors (Lipinski definition) is 2. The first kappa shape index (κ1) is 14.5. The van der Waals surface area contributed by atoms with Crippen molar-refractivity contribution in [3.05, 3.63) is 38.4 Å². The molecule has 2 aromatic rings. The Bertz CT molecular complexity index is 549. The fourth-order valence-corrected chi connectivity index (χ4v) is 2.88. The van der Waals surface area contributed by atoms with E-state index in [9.17, 15) is 5.11 Å². The summed E-state index contributed by atoms with van der Waals surface area (Å²) in [6.45, 7) is 3.23. The maximum absolute atomic E-state index is 9.61. The quantitative estimate of drug-likeness (QED) is 0.768. The van der Waals surface area contributed by atoms with Crippen molar-refractivity contribution in [2.24, 2.45) is 0 Å². The molecule has 1 heterocycles. The topological polar surface area (TPSA) is 71.2 Å². The van der Waals surface area contributed by atoms with E-state index in [0.717, 1.165) is 18.5 Å². The van der Waals surface area contributed by atoms with Crippen LogP contribution in [0.25, 0.3) is 0 Å². The monoisotopic (exact) mass is 389 g/mol. The van der Waals surface area contributed by atoms with E-state index in [-0.39, 0.29) is 5.75 Å². The molecule has 0 saturated heterocycles. The van der Waals surface area contributed by atoms with Gasteiger partial charge in [0.15, 0.2) is 5.82 Å². The molecule has 1 aromatic carbocycles. The first-order valence-corrected chi connectivity index (χ1v) is 7.31. The molecule has 0 radical (unpaired) electrons. The van der Waals surface area contributed by atoms with Crippen LogP contribution in [0.4, 0.5) is 0 Å². The minimum atomic E-state index is 0.214. The molecule has 0 aliphatic carbocycles. The highest BCUT2D eigenvalue weighted by molar-refractivity contribution is 9.11. The molecule has 0 spiro atoms. The number of aromatic nitrogens is 2. The zero-order valence-corrected chi connectivity index (χ0v) is 13.5. The first-order valence-electron chi connectivity index (χ1n) is 5.73. The SMILES string of the molecule is Cc1nc(CCNCc2cc(Br)c(O)c(Br)c2)no1. The molecule has 0 aliphatic rings. The van der Waals surface area contributed by atoms with E-state index in [2.05, 4.69) is 47.3 Å². The van der Waals surface area contributed by atoms with Crippen LogP contribution >= 0.6 is 31.9 Å². The van der Waals surface area contributed by atoms with Crippen LogP contribution in [-0.2, 0) is 13.0 Å². The number of aryl methyl sites for hydroxylation is 1. The van der Waals surface area contributed by atoms with Crippen molar-refractivity contribution in [3.8, 4) is 5.75 Å². The summed E-state index contributed by atoms with van der Waals surface area (Å²) in [4.78, 5) is 4.13. The molecule has 102 valence electrons. The molecule has 0 bridgehead atoms. The maximum Gasteiger partial charge on any atom is 0.223 e. The molecular weight excluding hydrogens is 378 g/mol. The second-order valence-corrected chi connectivity index (χ2v) is 5.77. The normalized spacial score (nSPS) is 10.9. The van der Waals surface area contributed by atoms with Gasteiger partial charge in [0.2, 0.25) is 5.89 Å². The number of nitrogens with one attached hydrogen (secondary N) is 1. The third kappa shape index (κ3) is 4.02. The third-order valence-electron chi connectivity index (χ3n) is 2.50. The second-order valence-electron chi connectivity index (χ2n) is 4.06. The number of phenolic OH excluding ortho intramolecular Hbond substituents is 1. The van der Waals surface area contributed by atoms with Crippen LogP contribution in [0, 0.1) is 6.92 Å². The number of benzene rings is 1. The lowest BCUT2D eigenvalue weighted by atomic mass is 10.2. The van der Waals surface area contributed by atoms with Crippen LogP contribution in [0.3, 0.4) is 0 Å². The van der Waals surface area contributed by atoms with Gasteiger partial charge in [-0.25, -0.2) is 0 Å². The summed E-state index contributed by atoms with van der Waals surface area (Å²) in [5, 5.41) is 16.7. The number of hydrogen-bond acceptors (Lipinski definition) is 5. The largest absolute Gasteiger partial charge is 0.506 e. The minimum absolute atomic E-state index is 0.214. The van der Waals surface area contributed by atoms with Crippen LogP contribution in [0.1, 0.15) is 17.3 Å². The lowest BCUT2D eigenvalue weighted by molar-refractivity contribution is 0.387. The summed E-state index contributed by atoms with van der Waals surface area (Å²) in [6.07, 6.45) is 0.720. The van der Waals surface area contributed by atoms with Gasteiger partial charge in [0.25, 0.3) is 0 Å². The van der Waals surface area contributed by atoms with Crippen molar-refractivity contribution < 1.29 is 9.63 Å². The van der Waals surface area contributed by atoms with Crippen LogP contribution in [0.15, 0.2) is 25.6 Å². The summed E-state index contributed by atoms with van der Waals surface area (Å²) in [5.41, 5.74) is 1.07. The van der Waals surface area contributed by atoms with E-state index in [0.29, 0.717) is 27.2 Å². The van der Waals surface area contributed by atoms with Gasteiger partial charge in [-0.15, -0.1) is 0 Å². The van der Waals surface area contributed by atoms with Crippen LogP contribution in [0.2, 0.25) is 0 Å². The fourth-order valence-electron chi connectivity index (χ4n) is 1.60. The Kier molecular flexibility index (Phi) is 4.95. The molecule has 0 aliphatic heterocycles. The van der Waals surface area contributed by atoms with E-state index in [4.69, 9.17) is 4.52 Å². The minimum Gasteiger partial charge on any atom is -0.506 e. The zero-order chi connectivity index (χ0) is 13.8. The number of phenols is 1. The summed E-state index contributed by atoms with van der Waals surface area (Å²) >= 11 is 6.61. The van der Waals surface area contributed by atoms with Crippen molar-refractivity contribution in [1.82, 2.24) is 15.5 Å². The predicted octanol–water partition coefficient (Wildman–Crippen LogP) is 2.94. The van der Waals surface area contributed by atoms with Gasteiger partial charge in [0.1, 0.15) is 5.75 Å². The highest BCUT2D eigenvalue weighted by Gasteiger charge is 2.06. The average Bonchev–Trinajstić information content (AvgIpc) is 2.77. The van der Waals surface area contributed by atoms with Gasteiger partial charge in [0, 0.05) is 26.4 Å². The van der Waals surface area contributed by atoms with E-state index in [1.807, 2.05) is 12.1 Å². The van der Waals surface area contributed by atoms with E-state index >= 15 is 0 Å². The standard InChI is InChI=1S/C12H13Br2N3O2/c1-7-16-11(17-19-7)2-3-15-6-8-4-9(13)12(18)10(14)5-8/h4-5,15,18H,2-3,6H2,1H3. The number of rotatable bonds is 5. The fraction of sp³-hybridized carbons (Fsp3) is 0.333. The van der Waals surface area contributed by atoms with E-state index in [1.54, 1.807) is 6.92 Å². The lowest BCUT2D eigenvalue weighted by Gasteiger charge is -2.07. The number of nitrogens with zero attached hydrogens (tertiary/aromatic N) is 2. The van der Waals surface area contributed by atoms with E-state index < -0.39 is 0 Å². The molecule has 19 heavy (non-hydrogen) atoms. The third-order valence-corrected chi connectivity index (χ3v) is 3.71. The van der Waals surface area contributed by atoms with Gasteiger partial charge in [-0.3, -0.25) is 0 Å². The Morgan fingerprint density at radius 3 is 2.58 bits per heavy atom. The molecule has 0 amide bonds. The molecule has 2 rings (SSSR count). The van der Waals surface area contributed by atoms with Crippen molar-refractivity contribution in [3.63, 3.8) is 0 Å². The molecule has 0 saturated carbocycles. The molecule has 1 aromatic heterocycles. The molecule has 0 unspecified atom stereocenters. The Hall–Kier alpha value is -0.920. The highest BCUT2D eigenvalue weighted by Crippen LogP contribution is 2.33. The number of aromatic hydroxyl groups is 1. The summed E-state index contributed by atoms with van der Waals surface area (Å²) in [7, 11) is 0. The molecule has 5 nitrogen and oxygen atoms in total. The predicted molar refractivity (Wildman–Crippen MR) is 78.0 cm³/mol. The van der Waals surface area contributed by atoms with Crippen LogP contribution in [0.5, 0.6) is 5.75 Å². The Balaban J connectivity index is 1.83. The van der Waals surface area contributed by atoms with Crippen molar-refractivity contribution in [1.29, 1.82) is 0 Å². The second kappa shape index (κ2) is 6.49. The van der Waals surface area contributed by atoms with Gasteiger partial charge in [-0.2, -0.15) is 4.98 Å². The number of halogens is 2. The summed E-state index contributed by atoms with van der Waals surface area (Å²) in [6, 6.07) is 3.76. The van der Waals surface area contributed by atoms with E-state index in [1.165, 1.54) is 0 Å². The van der Waals surface area contributed by atoms with Crippen molar-refractivity contribution in [2.75, 3.05) is 6.54 Å². The average molecular weight is 391 g/mol. The van der Waals surface area contributed by atoms with Gasteiger partial charge in [-0.1, -0.05) is 5.16 Å².